The molecule has 0 atom stereocenters. The fourth-order valence-electron chi connectivity index (χ4n) is 4.39. The van der Waals surface area contributed by atoms with Crippen LogP contribution in [0.2, 0.25) is 0 Å². The molecule has 0 amide bonds. The molecular formula is C25H35N. The number of hydrogen-bond donors (Lipinski definition) is 0. The lowest BCUT2D eigenvalue weighted by Gasteiger charge is -2.33. The molecule has 1 saturated heterocycles. The van der Waals surface area contributed by atoms with E-state index in [2.05, 4.69) is 72.5 Å². The van der Waals surface area contributed by atoms with Gasteiger partial charge >= 0.3 is 0 Å². The van der Waals surface area contributed by atoms with Gasteiger partial charge in [-0.2, -0.15) is 0 Å². The van der Waals surface area contributed by atoms with Crippen molar-refractivity contribution in [2.45, 2.75) is 57.8 Å². The molecule has 0 aromatic heterocycles. The van der Waals surface area contributed by atoms with Crippen LogP contribution in [0.5, 0.6) is 0 Å². The third kappa shape index (κ3) is 5.71. The van der Waals surface area contributed by atoms with Crippen molar-refractivity contribution in [1.82, 2.24) is 4.90 Å². The molecule has 0 spiro atoms. The summed E-state index contributed by atoms with van der Waals surface area (Å²) < 4.78 is 0. The van der Waals surface area contributed by atoms with Gasteiger partial charge in [0, 0.05) is 5.92 Å². The zero-order valence-electron chi connectivity index (χ0n) is 16.4. The molecule has 0 radical (unpaired) electrons. The lowest BCUT2D eigenvalue weighted by Crippen LogP contribution is -2.35. The first kappa shape index (κ1) is 19.2. The van der Waals surface area contributed by atoms with Crippen LogP contribution in [0.3, 0.4) is 0 Å². The maximum Gasteiger partial charge on any atom is 0.0101 e. The highest BCUT2D eigenvalue weighted by Gasteiger charge is 2.21. The number of piperidine rings is 1. The highest BCUT2D eigenvalue weighted by Crippen LogP contribution is 2.29. The van der Waals surface area contributed by atoms with E-state index in [4.69, 9.17) is 0 Å². The summed E-state index contributed by atoms with van der Waals surface area (Å²) in [5.41, 5.74) is 2.90. The van der Waals surface area contributed by atoms with Gasteiger partial charge in [-0.15, -0.1) is 0 Å². The molecule has 0 aliphatic carbocycles. The average molecular weight is 350 g/mol. The Bertz CT molecular complexity index is 559. The van der Waals surface area contributed by atoms with E-state index < -0.39 is 0 Å². The minimum absolute atomic E-state index is 0.514. The predicted octanol–water partition coefficient (Wildman–Crippen LogP) is 6.50. The van der Waals surface area contributed by atoms with E-state index in [0.717, 1.165) is 5.92 Å². The molecule has 2 aromatic rings. The molecule has 0 N–H and O–H groups in total. The van der Waals surface area contributed by atoms with Gasteiger partial charge in [0.15, 0.2) is 0 Å². The van der Waals surface area contributed by atoms with Gasteiger partial charge in [0.25, 0.3) is 0 Å². The Balaban J connectivity index is 1.53. The van der Waals surface area contributed by atoms with Crippen LogP contribution in [0.1, 0.15) is 68.9 Å². The van der Waals surface area contributed by atoms with E-state index in [0.29, 0.717) is 5.92 Å². The van der Waals surface area contributed by atoms with Gasteiger partial charge in [0.2, 0.25) is 0 Å². The van der Waals surface area contributed by atoms with E-state index in [1.54, 1.807) is 0 Å². The number of benzene rings is 2. The van der Waals surface area contributed by atoms with Gasteiger partial charge in [0.1, 0.15) is 0 Å². The Labute approximate surface area is 160 Å². The Kier molecular flexibility index (Phi) is 7.76. The molecule has 1 aliphatic rings. The Morgan fingerprint density at radius 1 is 0.846 bits per heavy atom. The van der Waals surface area contributed by atoms with Crippen molar-refractivity contribution >= 4 is 0 Å². The third-order valence-electron chi connectivity index (χ3n) is 6.06. The van der Waals surface area contributed by atoms with Crippen molar-refractivity contribution < 1.29 is 0 Å². The summed E-state index contributed by atoms with van der Waals surface area (Å²) in [6.45, 7) is 6.12. The topological polar surface area (TPSA) is 3.24 Å². The number of nitrogens with zero attached hydrogens (tertiary/aromatic N) is 1. The molecule has 1 nitrogen and oxygen atoms in total. The van der Waals surface area contributed by atoms with E-state index in [-0.39, 0.29) is 0 Å². The van der Waals surface area contributed by atoms with Crippen molar-refractivity contribution in [2.75, 3.05) is 19.6 Å². The SMILES string of the molecule is CCCCCC1CCN(CCC(c2ccccc2)c2ccccc2)CC1. The molecule has 2 aromatic carbocycles. The van der Waals surface area contributed by atoms with Crippen molar-refractivity contribution in [3.8, 4) is 0 Å². The number of rotatable bonds is 9. The van der Waals surface area contributed by atoms with Crippen LogP contribution in [0.15, 0.2) is 60.7 Å². The largest absolute Gasteiger partial charge is 0.303 e. The van der Waals surface area contributed by atoms with Crippen molar-refractivity contribution in [3.63, 3.8) is 0 Å². The van der Waals surface area contributed by atoms with E-state index in [1.807, 2.05) is 0 Å². The lowest BCUT2D eigenvalue weighted by atomic mass is 9.87. The Hall–Kier alpha value is -1.60. The van der Waals surface area contributed by atoms with Crippen LogP contribution in [0.4, 0.5) is 0 Å². The molecule has 3 rings (SSSR count). The highest BCUT2D eigenvalue weighted by atomic mass is 15.1. The highest BCUT2D eigenvalue weighted by molar-refractivity contribution is 5.32. The molecule has 1 fully saturated rings. The molecule has 1 heterocycles. The van der Waals surface area contributed by atoms with Gasteiger partial charge in [-0.05, 0) is 55.9 Å². The van der Waals surface area contributed by atoms with Crippen LogP contribution >= 0.6 is 0 Å². The summed E-state index contributed by atoms with van der Waals surface area (Å²) in [5.74, 6) is 1.50. The van der Waals surface area contributed by atoms with Crippen LogP contribution in [-0.2, 0) is 0 Å². The normalized spacial score (nSPS) is 16.2. The van der Waals surface area contributed by atoms with Crippen molar-refractivity contribution in [3.05, 3.63) is 71.8 Å². The standard InChI is InChI=1S/C25H35N/c1-2-3-6-11-22-16-19-26(20-17-22)21-18-25(23-12-7-4-8-13-23)24-14-9-5-10-15-24/h4-5,7-10,12-15,22,25H,2-3,6,11,16-21H2,1H3. The summed E-state index contributed by atoms with van der Waals surface area (Å²) in [5, 5.41) is 0. The number of unbranched alkanes of at least 4 members (excludes halogenated alkanes) is 2. The Morgan fingerprint density at radius 2 is 1.42 bits per heavy atom. The van der Waals surface area contributed by atoms with Gasteiger partial charge < -0.3 is 4.90 Å². The summed E-state index contributed by atoms with van der Waals surface area (Å²) >= 11 is 0. The zero-order chi connectivity index (χ0) is 18.0. The van der Waals surface area contributed by atoms with E-state index in [1.165, 1.54) is 75.7 Å². The summed E-state index contributed by atoms with van der Waals surface area (Å²) in [6, 6.07) is 22.1. The molecule has 0 bridgehead atoms. The van der Waals surface area contributed by atoms with E-state index >= 15 is 0 Å². The quantitative estimate of drug-likeness (QED) is 0.467. The zero-order valence-corrected chi connectivity index (χ0v) is 16.4. The second-order valence-corrected chi connectivity index (χ2v) is 7.94. The first-order valence-electron chi connectivity index (χ1n) is 10.7. The maximum atomic E-state index is 2.70. The van der Waals surface area contributed by atoms with Crippen molar-refractivity contribution in [1.29, 1.82) is 0 Å². The molecular weight excluding hydrogens is 314 g/mol. The molecule has 140 valence electrons. The molecule has 1 aliphatic heterocycles. The second-order valence-electron chi connectivity index (χ2n) is 7.94. The molecule has 0 saturated carbocycles. The predicted molar refractivity (Wildman–Crippen MR) is 113 cm³/mol. The fourth-order valence-corrected chi connectivity index (χ4v) is 4.39. The molecule has 26 heavy (non-hydrogen) atoms. The lowest BCUT2D eigenvalue weighted by molar-refractivity contribution is 0.174. The van der Waals surface area contributed by atoms with Crippen LogP contribution < -0.4 is 0 Å². The van der Waals surface area contributed by atoms with Gasteiger partial charge in [-0.25, -0.2) is 0 Å². The number of hydrogen-bond acceptors (Lipinski definition) is 1. The smallest absolute Gasteiger partial charge is 0.0101 e. The summed E-state index contributed by atoms with van der Waals surface area (Å²) in [7, 11) is 0. The van der Waals surface area contributed by atoms with Crippen LogP contribution in [0.25, 0.3) is 0 Å². The minimum Gasteiger partial charge on any atom is -0.303 e. The molecule has 0 unspecified atom stereocenters. The first-order chi connectivity index (χ1) is 12.9. The summed E-state index contributed by atoms with van der Waals surface area (Å²) in [4.78, 5) is 2.70. The third-order valence-corrected chi connectivity index (χ3v) is 6.06. The minimum atomic E-state index is 0.514. The second kappa shape index (κ2) is 10.5. The monoisotopic (exact) mass is 349 g/mol. The fraction of sp³-hybridized carbons (Fsp3) is 0.520. The van der Waals surface area contributed by atoms with E-state index in [9.17, 15) is 0 Å². The molecule has 1 heteroatoms. The van der Waals surface area contributed by atoms with Crippen molar-refractivity contribution in [2.24, 2.45) is 5.92 Å². The Morgan fingerprint density at radius 3 is 1.96 bits per heavy atom. The van der Waals surface area contributed by atoms with Crippen LogP contribution in [0, 0.1) is 5.92 Å². The van der Waals surface area contributed by atoms with Gasteiger partial charge in [-0.3, -0.25) is 0 Å². The summed E-state index contributed by atoms with van der Waals surface area (Å²) in [6.07, 6.45) is 9.68. The number of likely N-dealkylation sites (tertiary alicyclic amines) is 1. The van der Waals surface area contributed by atoms with Gasteiger partial charge in [-0.1, -0.05) is 93.3 Å². The van der Waals surface area contributed by atoms with Gasteiger partial charge in [0.05, 0.1) is 0 Å². The maximum absolute atomic E-state index is 2.70. The first-order valence-corrected chi connectivity index (χ1v) is 10.7. The van der Waals surface area contributed by atoms with Crippen LogP contribution in [-0.4, -0.2) is 24.5 Å². The average Bonchev–Trinajstić information content (AvgIpc) is 2.71.